The predicted molar refractivity (Wildman–Crippen MR) is 154 cm³/mol. The Bertz CT molecular complexity index is 1630. The lowest BCUT2D eigenvalue weighted by atomic mass is 10.1. The minimum absolute atomic E-state index is 0.132. The molecule has 5 rings (SSSR count). The van der Waals surface area contributed by atoms with Crippen LogP contribution in [0.5, 0.6) is 0 Å². The Hall–Kier alpha value is -4.09. The van der Waals surface area contributed by atoms with E-state index >= 15 is 0 Å². The first-order valence-electron chi connectivity index (χ1n) is 12.9. The van der Waals surface area contributed by atoms with E-state index in [4.69, 9.17) is 16.6 Å². The number of rotatable bonds is 6. The van der Waals surface area contributed by atoms with Gasteiger partial charge in [0.1, 0.15) is 5.52 Å². The molecule has 0 aliphatic carbocycles. The van der Waals surface area contributed by atoms with E-state index < -0.39 is 29.1 Å². The summed E-state index contributed by atoms with van der Waals surface area (Å²) in [6, 6.07) is 12.9. The van der Waals surface area contributed by atoms with Crippen LogP contribution in [-0.2, 0) is 6.18 Å². The van der Waals surface area contributed by atoms with Gasteiger partial charge in [0, 0.05) is 35.5 Å². The highest BCUT2D eigenvalue weighted by atomic mass is 35.5. The molecule has 2 heterocycles. The lowest BCUT2D eigenvalue weighted by Gasteiger charge is -2.19. The summed E-state index contributed by atoms with van der Waals surface area (Å²) in [4.78, 5) is 38.8. The Morgan fingerprint density at radius 2 is 1.78 bits per heavy atom. The fourth-order valence-electron chi connectivity index (χ4n) is 4.91. The standard InChI is InChI=1S/C29H28ClF3N6O2/c1-16-22(30)9-6-10-23(16)35-27(41)20-13-17(34-26(40)19-7-4-5-8-21(19)29(31,32)33)14-24-25(20)37-28(36-24)39-12-11-18(15-39)38(2)3/h4-10,13-14,18H,11-12,15H2,1-3H3,(H,34,40)(H,35,41)(H,36,37). The van der Waals surface area contributed by atoms with Crippen molar-refractivity contribution < 1.29 is 22.8 Å². The van der Waals surface area contributed by atoms with Crippen LogP contribution in [0.4, 0.5) is 30.5 Å². The maximum atomic E-state index is 13.6. The summed E-state index contributed by atoms with van der Waals surface area (Å²) in [6.07, 6.45) is -3.78. The Labute approximate surface area is 239 Å². The first-order valence-corrected chi connectivity index (χ1v) is 13.3. The number of aromatic amines is 1. The predicted octanol–water partition coefficient (Wildman–Crippen LogP) is 6.19. The lowest BCUT2D eigenvalue weighted by molar-refractivity contribution is -0.137. The van der Waals surface area contributed by atoms with Crippen molar-refractivity contribution in [3.63, 3.8) is 0 Å². The highest BCUT2D eigenvalue weighted by molar-refractivity contribution is 6.31. The number of amides is 2. The molecule has 1 fully saturated rings. The fraction of sp³-hybridized carbons (Fsp3) is 0.276. The third kappa shape index (κ3) is 5.86. The highest BCUT2D eigenvalue weighted by Crippen LogP contribution is 2.33. The second-order valence-electron chi connectivity index (χ2n) is 10.2. The van der Waals surface area contributed by atoms with Crippen molar-refractivity contribution in [2.24, 2.45) is 0 Å². The van der Waals surface area contributed by atoms with Crippen molar-refractivity contribution in [3.8, 4) is 0 Å². The van der Waals surface area contributed by atoms with Crippen molar-refractivity contribution in [1.29, 1.82) is 0 Å². The number of hydrogen-bond acceptors (Lipinski definition) is 5. The summed E-state index contributed by atoms with van der Waals surface area (Å²) in [5.41, 5.74) is 0.651. The van der Waals surface area contributed by atoms with Gasteiger partial charge in [-0.25, -0.2) is 4.98 Å². The van der Waals surface area contributed by atoms with Gasteiger partial charge in [-0.1, -0.05) is 29.8 Å². The number of alkyl halides is 3. The molecule has 2 amide bonds. The lowest BCUT2D eigenvalue weighted by Crippen LogP contribution is -2.31. The fourth-order valence-corrected chi connectivity index (χ4v) is 5.09. The van der Waals surface area contributed by atoms with Crippen molar-refractivity contribution in [2.45, 2.75) is 25.6 Å². The largest absolute Gasteiger partial charge is 0.417 e. The number of benzene rings is 3. The molecule has 41 heavy (non-hydrogen) atoms. The summed E-state index contributed by atoms with van der Waals surface area (Å²) < 4.78 is 40.7. The van der Waals surface area contributed by atoms with E-state index in [0.717, 1.165) is 31.6 Å². The van der Waals surface area contributed by atoms with Crippen LogP contribution in [-0.4, -0.2) is 59.9 Å². The van der Waals surface area contributed by atoms with Gasteiger partial charge < -0.3 is 25.4 Å². The van der Waals surface area contributed by atoms with Gasteiger partial charge in [0.15, 0.2) is 0 Å². The Balaban J connectivity index is 1.54. The van der Waals surface area contributed by atoms with Crippen LogP contribution >= 0.6 is 11.6 Å². The molecule has 4 aromatic rings. The van der Waals surface area contributed by atoms with Crippen LogP contribution in [0, 0.1) is 6.92 Å². The highest BCUT2D eigenvalue weighted by Gasteiger charge is 2.35. The van der Waals surface area contributed by atoms with Crippen molar-refractivity contribution in [3.05, 3.63) is 81.9 Å². The van der Waals surface area contributed by atoms with Gasteiger partial charge in [-0.05, 0) is 69.4 Å². The number of aromatic nitrogens is 2. The second kappa shape index (κ2) is 11.1. The number of fused-ring (bicyclic) bond motifs is 1. The normalized spacial score (nSPS) is 15.5. The molecule has 1 aliphatic rings. The molecule has 1 unspecified atom stereocenters. The number of hydrogen-bond donors (Lipinski definition) is 3. The third-order valence-electron chi connectivity index (χ3n) is 7.26. The summed E-state index contributed by atoms with van der Waals surface area (Å²) in [5.74, 6) is -0.913. The zero-order chi connectivity index (χ0) is 29.5. The SMILES string of the molecule is Cc1c(Cl)cccc1NC(=O)c1cc(NC(=O)c2ccccc2C(F)(F)F)cc2[nH]c(N3CCC(N(C)C)C3)nc12. The molecule has 3 aromatic carbocycles. The van der Waals surface area contributed by atoms with Gasteiger partial charge in [0.25, 0.3) is 11.8 Å². The first kappa shape index (κ1) is 28.4. The van der Waals surface area contributed by atoms with Gasteiger partial charge in [0.05, 0.1) is 22.2 Å². The quantitative estimate of drug-likeness (QED) is 0.251. The molecule has 12 heteroatoms. The molecule has 1 aliphatic heterocycles. The Kier molecular flexibility index (Phi) is 7.67. The zero-order valence-corrected chi connectivity index (χ0v) is 23.3. The van der Waals surface area contributed by atoms with Gasteiger partial charge in [-0.15, -0.1) is 0 Å². The average Bonchev–Trinajstić information content (AvgIpc) is 3.58. The smallest absolute Gasteiger partial charge is 0.341 e. The summed E-state index contributed by atoms with van der Waals surface area (Å²) in [5, 5.41) is 5.85. The zero-order valence-electron chi connectivity index (χ0n) is 22.6. The summed E-state index contributed by atoms with van der Waals surface area (Å²) in [7, 11) is 4.03. The number of anilines is 3. The third-order valence-corrected chi connectivity index (χ3v) is 7.67. The summed E-state index contributed by atoms with van der Waals surface area (Å²) >= 11 is 6.23. The number of H-pyrrole nitrogens is 1. The second-order valence-corrected chi connectivity index (χ2v) is 10.6. The molecule has 8 nitrogen and oxygen atoms in total. The van der Waals surface area contributed by atoms with Crippen molar-refractivity contribution in [2.75, 3.05) is 42.7 Å². The number of carbonyl (C=O) groups excluding carboxylic acids is 2. The molecule has 0 bridgehead atoms. The maximum absolute atomic E-state index is 13.6. The molecule has 3 N–H and O–H groups in total. The number of halogens is 4. The van der Waals surface area contributed by atoms with Gasteiger partial charge in [-0.2, -0.15) is 13.2 Å². The van der Waals surface area contributed by atoms with E-state index in [1.165, 1.54) is 18.2 Å². The van der Waals surface area contributed by atoms with Crippen LogP contribution in [0.1, 0.15) is 38.3 Å². The van der Waals surface area contributed by atoms with E-state index in [0.29, 0.717) is 39.3 Å². The van der Waals surface area contributed by atoms with Crippen LogP contribution < -0.4 is 15.5 Å². The van der Waals surface area contributed by atoms with Gasteiger partial charge in [-0.3, -0.25) is 9.59 Å². The van der Waals surface area contributed by atoms with Crippen LogP contribution in [0.15, 0.2) is 54.6 Å². The van der Waals surface area contributed by atoms with E-state index in [1.54, 1.807) is 31.2 Å². The van der Waals surface area contributed by atoms with Crippen molar-refractivity contribution in [1.82, 2.24) is 14.9 Å². The van der Waals surface area contributed by atoms with E-state index in [9.17, 15) is 22.8 Å². The molecule has 0 spiro atoms. The minimum Gasteiger partial charge on any atom is -0.341 e. The van der Waals surface area contributed by atoms with E-state index in [1.807, 2.05) is 14.1 Å². The topological polar surface area (TPSA) is 93.4 Å². The first-order chi connectivity index (χ1) is 19.4. The molecule has 0 radical (unpaired) electrons. The van der Waals surface area contributed by atoms with Crippen LogP contribution in [0.3, 0.4) is 0 Å². The van der Waals surface area contributed by atoms with E-state index in [-0.39, 0.29) is 11.3 Å². The van der Waals surface area contributed by atoms with Crippen LogP contribution in [0.25, 0.3) is 11.0 Å². The van der Waals surface area contributed by atoms with Gasteiger partial charge in [0.2, 0.25) is 5.95 Å². The maximum Gasteiger partial charge on any atom is 0.417 e. The average molecular weight is 585 g/mol. The molecule has 1 atom stereocenters. The number of nitrogens with zero attached hydrogens (tertiary/aromatic N) is 3. The number of imidazole rings is 1. The Morgan fingerprint density at radius 3 is 2.49 bits per heavy atom. The van der Waals surface area contributed by atoms with Crippen molar-refractivity contribution >= 4 is 51.8 Å². The van der Waals surface area contributed by atoms with Gasteiger partial charge >= 0.3 is 6.18 Å². The monoisotopic (exact) mass is 584 g/mol. The summed E-state index contributed by atoms with van der Waals surface area (Å²) in [6.45, 7) is 3.25. The number of carbonyl (C=O) groups is 2. The van der Waals surface area contributed by atoms with Crippen LogP contribution in [0.2, 0.25) is 5.02 Å². The molecular weight excluding hydrogens is 557 g/mol. The molecule has 1 saturated heterocycles. The molecule has 214 valence electrons. The van der Waals surface area contributed by atoms with E-state index in [2.05, 4.69) is 25.4 Å². The minimum atomic E-state index is -4.71. The Morgan fingerprint density at radius 1 is 1.05 bits per heavy atom. The molecule has 0 saturated carbocycles. The number of nitrogens with one attached hydrogen (secondary N) is 3. The molecule has 1 aromatic heterocycles. The number of likely N-dealkylation sites (N-methyl/N-ethyl adjacent to an activating group) is 1. The molecular formula is C29H28ClF3N6O2.